The Labute approximate surface area is 128 Å². The molecule has 1 atom stereocenters. The Balaban J connectivity index is 1.45. The second-order valence-corrected chi connectivity index (χ2v) is 6.65. The Morgan fingerprint density at radius 1 is 0.952 bits per heavy atom. The van der Waals surface area contributed by atoms with Crippen molar-refractivity contribution in [2.24, 2.45) is 0 Å². The van der Waals surface area contributed by atoms with E-state index in [1.807, 2.05) is 4.90 Å². The number of likely N-dealkylation sites (tertiary alicyclic amines) is 2. The van der Waals surface area contributed by atoms with Crippen molar-refractivity contribution >= 4 is 6.09 Å². The van der Waals surface area contributed by atoms with E-state index >= 15 is 0 Å². The van der Waals surface area contributed by atoms with Crippen molar-refractivity contribution in [3.05, 3.63) is 0 Å². The van der Waals surface area contributed by atoms with Crippen LogP contribution in [0, 0.1) is 0 Å². The molecule has 0 aromatic rings. The lowest BCUT2D eigenvalue weighted by molar-refractivity contribution is 0.0938. The summed E-state index contributed by atoms with van der Waals surface area (Å²) in [5.74, 6) is 0. The SMILES string of the molecule is O=C1OCCN1CCN1CCC[C@H](N2CCCCCC2)C1. The molecule has 120 valence electrons. The number of amides is 1. The van der Waals surface area contributed by atoms with Gasteiger partial charge >= 0.3 is 6.09 Å². The number of rotatable bonds is 4. The maximum atomic E-state index is 11.5. The second-order valence-electron chi connectivity index (χ2n) is 6.65. The first-order valence-electron chi connectivity index (χ1n) is 8.71. The van der Waals surface area contributed by atoms with Crippen LogP contribution in [0.5, 0.6) is 0 Å². The van der Waals surface area contributed by atoms with Gasteiger partial charge in [-0.05, 0) is 45.3 Å². The lowest BCUT2D eigenvalue weighted by Gasteiger charge is -2.39. The minimum Gasteiger partial charge on any atom is -0.448 e. The van der Waals surface area contributed by atoms with Gasteiger partial charge in [0.25, 0.3) is 0 Å². The zero-order valence-corrected chi connectivity index (χ0v) is 13.1. The standard InChI is InChI=1S/C16H29N3O2/c20-16-19(12-13-21-16)11-10-17-7-5-6-15(14-17)18-8-3-1-2-4-9-18/h15H,1-14H2/t15-/m0/s1. The van der Waals surface area contributed by atoms with E-state index in [2.05, 4.69) is 9.80 Å². The van der Waals surface area contributed by atoms with Crippen LogP contribution in [0.2, 0.25) is 0 Å². The lowest BCUT2D eigenvalue weighted by Crippen LogP contribution is -2.49. The van der Waals surface area contributed by atoms with Gasteiger partial charge in [0.15, 0.2) is 0 Å². The van der Waals surface area contributed by atoms with Crippen LogP contribution < -0.4 is 0 Å². The number of nitrogens with zero attached hydrogens (tertiary/aromatic N) is 3. The molecule has 0 N–H and O–H groups in total. The third-order valence-electron chi connectivity index (χ3n) is 5.17. The van der Waals surface area contributed by atoms with Gasteiger partial charge in [-0.1, -0.05) is 12.8 Å². The zero-order valence-electron chi connectivity index (χ0n) is 13.1. The Kier molecular flexibility index (Phi) is 5.36. The van der Waals surface area contributed by atoms with Crippen LogP contribution >= 0.6 is 0 Å². The molecular formula is C16H29N3O2. The van der Waals surface area contributed by atoms with Gasteiger partial charge in [-0.2, -0.15) is 0 Å². The number of ether oxygens (including phenoxy) is 1. The van der Waals surface area contributed by atoms with Crippen LogP contribution in [-0.4, -0.2) is 79.3 Å². The van der Waals surface area contributed by atoms with E-state index in [0.29, 0.717) is 6.61 Å². The molecule has 5 nitrogen and oxygen atoms in total. The summed E-state index contributed by atoms with van der Waals surface area (Å²) in [5, 5.41) is 0. The molecule has 3 heterocycles. The van der Waals surface area contributed by atoms with Gasteiger partial charge in [0.2, 0.25) is 0 Å². The predicted molar refractivity (Wildman–Crippen MR) is 82.4 cm³/mol. The fourth-order valence-corrected chi connectivity index (χ4v) is 3.88. The van der Waals surface area contributed by atoms with Crippen molar-refractivity contribution < 1.29 is 9.53 Å². The van der Waals surface area contributed by atoms with Crippen molar-refractivity contribution in [3.63, 3.8) is 0 Å². The highest BCUT2D eigenvalue weighted by atomic mass is 16.6. The Bertz CT molecular complexity index is 342. The molecule has 3 saturated heterocycles. The van der Waals surface area contributed by atoms with Crippen LogP contribution in [0.4, 0.5) is 4.79 Å². The predicted octanol–water partition coefficient (Wildman–Crippen LogP) is 1.78. The first-order chi connectivity index (χ1) is 10.3. The summed E-state index contributed by atoms with van der Waals surface area (Å²) in [4.78, 5) is 18.6. The zero-order chi connectivity index (χ0) is 14.5. The van der Waals surface area contributed by atoms with Gasteiger partial charge < -0.3 is 14.5 Å². The summed E-state index contributed by atoms with van der Waals surface area (Å²) in [6, 6.07) is 0.738. The molecule has 3 aliphatic rings. The molecule has 0 aromatic heterocycles. The monoisotopic (exact) mass is 295 g/mol. The third-order valence-corrected chi connectivity index (χ3v) is 5.17. The van der Waals surface area contributed by atoms with Crippen molar-refractivity contribution in [1.29, 1.82) is 0 Å². The Hall–Kier alpha value is -0.810. The van der Waals surface area contributed by atoms with Crippen molar-refractivity contribution in [1.82, 2.24) is 14.7 Å². The number of cyclic esters (lactones) is 1. The number of hydrogen-bond donors (Lipinski definition) is 0. The Morgan fingerprint density at radius 2 is 1.76 bits per heavy atom. The van der Waals surface area contributed by atoms with Gasteiger partial charge in [0.1, 0.15) is 6.61 Å². The maximum Gasteiger partial charge on any atom is 0.409 e. The van der Waals surface area contributed by atoms with E-state index in [0.717, 1.165) is 25.7 Å². The molecule has 0 saturated carbocycles. The normalized spacial score (nSPS) is 29.4. The Morgan fingerprint density at radius 3 is 2.48 bits per heavy atom. The van der Waals surface area contributed by atoms with Crippen LogP contribution in [-0.2, 0) is 4.74 Å². The third kappa shape index (κ3) is 4.10. The highest BCUT2D eigenvalue weighted by Crippen LogP contribution is 2.20. The average molecular weight is 295 g/mol. The molecule has 3 rings (SSSR count). The van der Waals surface area contributed by atoms with Crippen LogP contribution in [0.15, 0.2) is 0 Å². The summed E-state index contributed by atoms with van der Waals surface area (Å²) < 4.78 is 5.00. The van der Waals surface area contributed by atoms with Gasteiger partial charge in [0.05, 0.1) is 6.54 Å². The van der Waals surface area contributed by atoms with E-state index in [4.69, 9.17) is 4.74 Å². The molecule has 0 bridgehead atoms. The summed E-state index contributed by atoms with van der Waals surface area (Å²) in [5.41, 5.74) is 0. The summed E-state index contributed by atoms with van der Waals surface area (Å²) >= 11 is 0. The van der Waals surface area contributed by atoms with Crippen molar-refractivity contribution in [3.8, 4) is 0 Å². The molecule has 0 radical (unpaired) electrons. The molecular weight excluding hydrogens is 266 g/mol. The van der Waals surface area contributed by atoms with E-state index in [-0.39, 0.29) is 6.09 Å². The second kappa shape index (κ2) is 7.45. The number of hydrogen-bond acceptors (Lipinski definition) is 4. The van der Waals surface area contributed by atoms with Crippen LogP contribution in [0.25, 0.3) is 0 Å². The van der Waals surface area contributed by atoms with Crippen LogP contribution in [0.1, 0.15) is 38.5 Å². The molecule has 1 amide bonds. The molecule has 21 heavy (non-hydrogen) atoms. The largest absolute Gasteiger partial charge is 0.448 e. The highest BCUT2D eigenvalue weighted by molar-refractivity contribution is 5.69. The first-order valence-corrected chi connectivity index (χ1v) is 8.71. The van der Waals surface area contributed by atoms with Gasteiger partial charge in [0, 0.05) is 25.7 Å². The fourth-order valence-electron chi connectivity index (χ4n) is 3.88. The molecule has 0 spiro atoms. The van der Waals surface area contributed by atoms with Gasteiger partial charge in [-0.15, -0.1) is 0 Å². The first kappa shape index (κ1) is 15.1. The molecule has 0 unspecified atom stereocenters. The minimum absolute atomic E-state index is 0.129. The summed E-state index contributed by atoms with van der Waals surface area (Å²) in [6.45, 7) is 8.10. The smallest absolute Gasteiger partial charge is 0.409 e. The highest BCUT2D eigenvalue weighted by Gasteiger charge is 2.27. The average Bonchev–Trinajstić information content (AvgIpc) is 2.77. The van der Waals surface area contributed by atoms with Crippen molar-refractivity contribution in [2.45, 2.75) is 44.6 Å². The molecule has 3 fully saturated rings. The number of carbonyl (C=O) groups is 1. The minimum atomic E-state index is -0.129. The summed E-state index contributed by atoms with van der Waals surface area (Å²) in [6.07, 6.45) is 8.07. The quantitative estimate of drug-likeness (QED) is 0.792. The lowest BCUT2D eigenvalue weighted by atomic mass is 10.0. The molecule has 0 aliphatic carbocycles. The maximum absolute atomic E-state index is 11.5. The molecule has 5 heteroatoms. The van der Waals surface area contributed by atoms with E-state index in [9.17, 15) is 4.79 Å². The van der Waals surface area contributed by atoms with Crippen LogP contribution in [0.3, 0.4) is 0 Å². The topological polar surface area (TPSA) is 36.0 Å². The number of carbonyl (C=O) groups excluding carboxylic acids is 1. The fraction of sp³-hybridized carbons (Fsp3) is 0.938. The van der Waals surface area contributed by atoms with Gasteiger partial charge in [-0.25, -0.2) is 4.79 Å². The van der Waals surface area contributed by atoms with E-state index in [1.54, 1.807) is 0 Å². The summed E-state index contributed by atoms with van der Waals surface area (Å²) in [7, 11) is 0. The van der Waals surface area contributed by atoms with Gasteiger partial charge in [-0.3, -0.25) is 4.90 Å². The molecule has 0 aromatic carbocycles. The van der Waals surface area contributed by atoms with E-state index in [1.165, 1.54) is 64.7 Å². The molecule has 3 aliphatic heterocycles. The van der Waals surface area contributed by atoms with E-state index < -0.39 is 0 Å². The van der Waals surface area contributed by atoms with Crippen molar-refractivity contribution in [2.75, 3.05) is 52.4 Å². The number of piperidine rings is 1.